The molecule has 0 unspecified atom stereocenters. The van der Waals surface area contributed by atoms with E-state index in [-0.39, 0.29) is 0 Å². The first-order valence-electron chi connectivity index (χ1n) is 7.15. The van der Waals surface area contributed by atoms with E-state index in [0.29, 0.717) is 6.04 Å². The van der Waals surface area contributed by atoms with Gasteiger partial charge in [-0.1, -0.05) is 13.8 Å². The standard InChI is InChI=1S/C14H25N3S/c1-4-13(5-2)17(3)14-16-12(10-18-14)8-9-15-11-6-7-11/h10-11,13,15H,4-9H2,1-3H3. The van der Waals surface area contributed by atoms with E-state index in [0.717, 1.165) is 19.0 Å². The Morgan fingerprint density at radius 3 is 2.78 bits per heavy atom. The number of hydrogen-bond acceptors (Lipinski definition) is 4. The van der Waals surface area contributed by atoms with Crippen molar-refractivity contribution in [1.82, 2.24) is 10.3 Å². The minimum absolute atomic E-state index is 0.619. The van der Waals surface area contributed by atoms with Gasteiger partial charge in [0.1, 0.15) is 0 Å². The zero-order valence-electron chi connectivity index (χ0n) is 11.8. The highest BCUT2D eigenvalue weighted by Gasteiger charge is 2.20. The molecule has 1 aromatic rings. The van der Waals surface area contributed by atoms with Crippen molar-refractivity contribution in [3.8, 4) is 0 Å². The first-order chi connectivity index (χ1) is 8.74. The number of aromatic nitrogens is 1. The van der Waals surface area contributed by atoms with E-state index in [1.165, 1.54) is 36.5 Å². The van der Waals surface area contributed by atoms with E-state index in [9.17, 15) is 0 Å². The summed E-state index contributed by atoms with van der Waals surface area (Å²) in [5.74, 6) is 0. The number of anilines is 1. The summed E-state index contributed by atoms with van der Waals surface area (Å²) in [5, 5.41) is 6.92. The fourth-order valence-corrected chi connectivity index (χ4v) is 3.15. The summed E-state index contributed by atoms with van der Waals surface area (Å²) < 4.78 is 0. The Labute approximate surface area is 115 Å². The normalized spacial score (nSPS) is 15.3. The minimum Gasteiger partial charge on any atom is -0.348 e. The predicted octanol–water partition coefficient (Wildman–Crippen LogP) is 3.06. The number of nitrogens with zero attached hydrogens (tertiary/aromatic N) is 2. The summed E-state index contributed by atoms with van der Waals surface area (Å²) in [6, 6.07) is 1.42. The van der Waals surface area contributed by atoms with Gasteiger partial charge >= 0.3 is 0 Å². The summed E-state index contributed by atoms with van der Waals surface area (Å²) >= 11 is 1.78. The Morgan fingerprint density at radius 1 is 1.44 bits per heavy atom. The van der Waals surface area contributed by atoms with E-state index in [2.05, 4.69) is 36.5 Å². The van der Waals surface area contributed by atoms with Gasteiger partial charge in [0.25, 0.3) is 0 Å². The van der Waals surface area contributed by atoms with Crippen LogP contribution in [0.1, 0.15) is 45.2 Å². The predicted molar refractivity (Wildman–Crippen MR) is 79.6 cm³/mol. The third-order valence-electron chi connectivity index (χ3n) is 3.72. The molecule has 4 heteroatoms. The van der Waals surface area contributed by atoms with Crippen LogP contribution in [0.5, 0.6) is 0 Å². The molecule has 1 fully saturated rings. The van der Waals surface area contributed by atoms with Crippen LogP contribution in [0.4, 0.5) is 5.13 Å². The molecule has 2 rings (SSSR count). The van der Waals surface area contributed by atoms with Crippen LogP contribution in [-0.2, 0) is 6.42 Å². The molecule has 1 heterocycles. The summed E-state index contributed by atoms with van der Waals surface area (Å²) in [6.07, 6.45) is 6.15. The minimum atomic E-state index is 0.619. The van der Waals surface area contributed by atoms with Gasteiger partial charge in [-0.15, -0.1) is 11.3 Å². The molecule has 0 saturated heterocycles. The number of hydrogen-bond donors (Lipinski definition) is 1. The van der Waals surface area contributed by atoms with Gasteiger partial charge in [-0.05, 0) is 25.7 Å². The zero-order chi connectivity index (χ0) is 13.0. The molecule has 1 aliphatic carbocycles. The fourth-order valence-electron chi connectivity index (χ4n) is 2.26. The maximum absolute atomic E-state index is 4.75. The van der Waals surface area contributed by atoms with Gasteiger partial charge in [0.15, 0.2) is 5.13 Å². The van der Waals surface area contributed by atoms with Crippen LogP contribution in [0.15, 0.2) is 5.38 Å². The van der Waals surface area contributed by atoms with E-state index < -0.39 is 0 Å². The topological polar surface area (TPSA) is 28.2 Å². The van der Waals surface area contributed by atoms with Gasteiger partial charge in [-0.2, -0.15) is 0 Å². The van der Waals surface area contributed by atoms with Crippen LogP contribution in [-0.4, -0.2) is 30.7 Å². The van der Waals surface area contributed by atoms with Crippen LogP contribution in [0.3, 0.4) is 0 Å². The molecule has 0 aromatic carbocycles. The third kappa shape index (κ3) is 3.69. The molecular weight excluding hydrogens is 242 g/mol. The zero-order valence-corrected chi connectivity index (χ0v) is 12.6. The average molecular weight is 267 g/mol. The lowest BCUT2D eigenvalue weighted by Crippen LogP contribution is -2.30. The Balaban J connectivity index is 1.83. The highest BCUT2D eigenvalue weighted by Crippen LogP contribution is 2.24. The second-order valence-electron chi connectivity index (χ2n) is 5.18. The molecular formula is C14H25N3S. The molecule has 1 N–H and O–H groups in total. The van der Waals surface area contributed by atoms with Gasteiger partial charge in [0.05, 0.1) is 5.69 Å². The Morgan fingerprint density at radius 2 is 2.17 bits per heavy atom. The quantitative estimate of drug-likeness (QED) is 0.784. The molecule has 1 aliphatic rings. The van der Waals surface area contributed by atoms with Crippen LogP contribution < -0.4 is 10.2 Å². The van der Waals surface area contributed by atoms with Crippen molar-refractivity contribution in [2.24, 2.45) is 0 Å². The monoisotopic (exact) mass is 267 g/mol. The van der Waals surface area contributed by atoms with Gasteiger partial charge in [0, 0.05) is 37.5 Å². The number of nitrogens with one attached hydrogen (secondary N) is 1. The Bertz CT molecular complexity index is 356. The molecule has 0 aliphatic heterocycles. The molecule has 1 aromatic heterocycles. The first-order valence-corrected chi connectivity index (χ1v) is 8.03. The molecule has 0 radical (unpaired) electrons. The van der Waals surface area contributed by atoms with Crippen LogP contribution in [0, 0.1) is 0 Å². The van der Waals surface area contributed by atoms with Gasteiger partial charge < -0.3 is 10.2 Å². The van der Waals surface area contributed by atoms with E-state index >= 15 is 0 Å². The van der Waals surface area contributed by atoms with E-state index in [4.69, 9.17) is 4.98 Å². The maximum Gasteiger partial charge on any atom is 0.185 e. The van der Waals surface area contributed by atoms with E-state index in [1.54, 1.807) is 11.3 Å². The van der Waals surface area contributed by atoms with Crippen LogP contribution in [0.25, 0.3) is 0 Å². The summed E-state index contributed by atoms with van der Waals surface area (Å²) in [7, 11) is 2.17. The second-order valence-corrected chi connectivity index (χ2v) is 6.02. The van der Waals surface area contributed by atoms with Crippen molar-refractivity contribution in [1.29, 1.82) is 0 Å². The highest BCUT2D eigenvalue weighted by molar-refractivity contribution is 7.13. The van der Waals surface area contributed by atoms with Crippen LogP contribution >= 0.6 is 11.3 Å². The number of thiazole rings is 1. The van der Waals surface area contributed by atoms with Crippen molar-refractivity contribution in [2.45, 2.75) is 58.0 Å². The molecule has 3 nitrogen and oxygen atoms in total. The van der Waals surface area contributed by atoms with Gasteiger partial charge in [-0.25, -0.2) is 4.98 Å². The van der Waals surface area contributed by atoms with Crippen molar-refractivity contribution >= 4 is 16.5 Å². The molecule has 1 saturated carbocycles. The summed E-state index contributed by atoms with van der Waals surface area (Å²) in [5.41, 5.74) is 1.24. The fraction of sp³-hybridized carbons (Fsp3) is 0.786. The third-order valence-corrected chi connectivity index (χ3v) is 4.70. The van der Waals surface area contributed by atoms with Gasteiger partial charge in [0.2, 0.25) is 0 Å². The average Bonchev–Trinajstić information content (AvgIpc) is 3.07. The van der Waals surface area contributed by atoms with Crippen molar-refractivity contribution in [2.75, 3.05) is 18.5 Å². The van der Waals surface area contributed by atoms with Crippen molar-refractivity contribution in [3.05, 3.63) is 11.1 Å². The summed E-state index contributed by atoms with van der Waals surface area (Å²) in [4.78, 5) is 7.08. The van der Waals surface area contributed by atoms with Crippen molar-refractivity contribution < 1.29 is 0 Å². The first kappa shape index (κ1) is 13.8. The molecule has 18 heavy (non-hydrogen) atoms. The SMILES string of the molecule is CCC(CC)N(C)c1nc(CCNC2CC2)cs1. The van der Waals surface area contributed by atoms with E-state index in [1.807, 2.05) is 0 Å². The largest absolute Gasteiger partial charge is 0.348 e. The molecule has 0 bridgehead atoms. The second kappa shape index (κ2) is 6.53. The van der Waals surface area contributed by atoms with Crippen molar-refractivity contribution in [3.63, 3.8) is 0 Å². The lowest BCUT2D eigenvalue weighted by molar-refractivity contribution is 0.589. The lowest BCUT2D eigenvalue weighted by atomic mass is 10.1. The summed E-state index contributed by atoms with van der Waals surface area (Å²) in [6.45, 7) is 5.57. The Kier molecular flexibility index (Phi) is 5.01. The maximum atomic E-state index is 4.75. The lowest BCUT2D eigenvalue weighted by Gasteiger charge is -2.25. The number of rotatable bonds is 8. The molecule has 102 valence electrons. The van der Waals surface area contributed by atoms with Crippen LogP contribution in [0.2, 0.25) is 0 Å². The smallest absolute Gasteiger partial charge is 0.185 e. The molecule has 0 atom stereocenters. The Hall–Kier alpha value is -0.610. The van der Waals surface area contributed by atoms with Gasteiger partial charge in [-0.3, -0.25) is 0 Å². The molecule has 0 amide bonds. The molecule has 0 spiro atoms. The highest BCUT2D eigenvalue weighted by atomic mass is 32.1.